The molecule has 0 saturated heterocycles. The van der Waals surface area contributed by atoms with Gasteiger partial charge in [-0.3, -0.25) is 4.79 Å². The number of carbonyl (C=O) groups excluding carboxylic acids is 1. The Morgan fingerprint density at radius 1 is 1.38 bits per heavy atom. The average molecular weight is 315 g/mol. The lowest BCUT2D eigenvalue weighted by molar-refractivity contribution is -0.144. The molecular formula is C13H17NO6S. The number of carbonyl (C=O) groups is 2. The van der Waals surface area contributed by atoms with Crippen LogP contribution in [0.25, 0.3) is 0 Å². The topological polar surface area (TPSA) is 110 Å². The van der Waals surface area contributed by atoms with E-state index in [-0.39, 0.29) is 22.6 Å². The van der Waals surface area contributed by atoms with E-state index < -0.39 is 28.0 Å². The predicted octanol–water partition coefficient (Wildman–Crippen LogP) is 0.923. The zero-order valence-electron chi connectivity index (χ0n) is 11.9. The summed E-state index contributed by atoms with van der Waals surface area (Å²) in [6, 6.07) is 2.86. The second-order valence-corrected chi connectivity index (χ2v) is 6.01. The van der Waals surface area contributed by atoms with E-state index in [4.69, 9.17) is 9.84 Å². The van der Waals surface area contributed by atoms with E-state index in [1.807, 2.05) is 0 Å². The summed E-state index contributed by atoms with van der Waals surface area (Å²) in [7, 11) is -4.02. The SMILES string of the molecule is CCOC(=O)C(C)NS(=O)(=O)c1cccc(C(=O)O)c1C. The number of hydrogen-bond donors (Lipinski definition) is 2. The van der Waals surface area contributed by atoms with Crippen molar-refractivity contribution in [1.29, 1.82) is 0 Å². The molecule has 1 unspecified atom stereocenters. The summed E-state index contributed by atoms with van der Waals surface area (Å²) >= 11 is 0. The molecule has 0 bridgehead atoms. The van der Waals surface area contributed by atoms with Gasteiger partial charge >= 0.3 is 11.9 Å². The van der Waals surface area contributed by atoms with Gasteiger partial charge in [-0.25, -0.2) is 13.2 Å². The van der Waals surface area contributed by atoms with Gasteiger partial charge in [0.1, 0.15) is 6.04 Å². The third kappa shape index (κ3) is 4.02. The molecule has 0 aliphatic rings. The smallest absolute Gasteiger partial charge is 0.335 e. The maximum absolute atomic E-state index is 12.2. The van der Waals surface area contributed by atoms with Crippen LogP contribution < -0.4 is 4.72 Å². The Balaban J connectivity index is 3.12. The van der Waals surface area contributed by atoms with E-state index in [0.717, 1.165) is 0 Å². The maximum Gasteiger partial charge on any atom is 0.335 e. The molecule has 0 radical (unpaired) electrons. The molecule has 1 rings (SSSR count). The summed E-state index contributed by atoms with van der Waals surface area (Å²) in [5.74, 6) is -1.92. The van der Waals surface area contributed by atoms with Crippen LogP contribution in [0.1, 0.15) is 29.8 Å². The molecule has 0 fully saturated rings. The zero-order valence-corrected chi connectivity index (χ0v) is 12.7. The van der Waals surface area contributed by atoms with Crippen molar-refractivity contribution >= 4 is 22.0 Å². The van der Waals surface area contributed by atoms with Gasteiger partial charge in [-0.15, -0.1) is 0 Å². The van der Waals surface area contributed by atoms with Gasteiger partial charge in [0.05, 0.1) is 17.1 Å². The third-order valence-corrected chi connectivity index (χ3v) is 4.46. The van der Waals surface area contributed by atoms with Crippen molar-refractivity contribution in [2.24, 2.45) is 0 Å². The highest BCUT2D eigenvalue weighted by Gasteiger charge is 2.25. The summed E-state index contributed by atoms with van der Waals surface area (Å²) in [4.78, 5) is 22.3. The van der Waals surface area contributed by atoms with Gasteiger partial charge in [-0.2, -0.15) is 4.72 Å². The van der Waals surface area contributed by atoms with Crippen molar-refractivity contribution in [3.05, 3.63) is 29.3 Å². The number of aromatic carboxylic acids is 1. The van der Waals surface area contributed by atoms with E-state index in [1.54, 1.807) is 6.92 Å². The largest absolute Gasteiger partial charge is 0.478 e. The number of nitrogens with one attached hydrogen (secondary N) is 1. The van der Waals surface area contributed by atoms with Crippen LogP contribution in [0.3, 0.4) is 0 Å². The molecule has 116 valence electrons. The molecule has 0 spiro atoms. The molecule has 7 nitrogen and oxygen atoms in total. The monoisotopic (exact) mass is 315 g/mol. The summed E-state index contributed by atoms with van der Waals surface area (Å²) in [6.45, 7) is 4.50. The Hall–Kier alpha value is -1.93. The normalized spacial score (nSPS) is 12.7. The average Bonchev–Trinajstić information content (AvgIpc) is 2.38. The molecule has 0 heterocycles. The first-order valence-electron chi connectivity index (χ1n) is 6.22. The van der Waals surface area contributed by atoms with Crippen molar-refractivity contribution in [2.45, 2.75) is 31.7 Å². The molecule has 1 aromatic carbocycles. The molecule has 1 aromatic rings. The fraction of sp³-hybridized carbons (Fsp3) is 0.385. The van der Waals surface area contributed by atoms with E-state index in [2.05, 4.69) is 4.72 Å². The van der Waals surface area contributed by atoms with Crippen molar-refractivity contribution in [2.75, 3.05) is 6.61 Å². The molecule has 0 saturated carbocycles. The Bertz CT molecular complexity index is 653. The number of rotatable bonds is 6. The van der Waals surface area contributed by atoms with Crippen molar-refractivity contribution in [1.82, 2.24) is 4.72 Å². The Morgan fingerprint density at radius 3 is 2.52 bits per heavy atom. The minimum Gasteiger partial charge on any atom is -0.478 e. The Labute approximate surface area is 123 Å². The highest BCUT2D eigenvalue weighted by molar-refractivity contribution is 7.89. The molecule has 21 heavy (non-hydrogen) atoms. The first-order valence-corrected chi connectivity index (χ1v) is 7.71. The first kappa shape index (κ1) is 17.1. The number of carboxylic acids is 1. The first-order chi connectivity index (χ1) is 9.70. The molecule has 0 aromatic heterocycles. The fourth-order valence-electron chi connectivity index (χ4n) is 1.75. The second kappa shape index (κ2) is 6.68. The minimum atomic E-state index is -4.02. The van der Waals surface area contributed by atoms with Crippen molar-refractivity contribution in [3.63, 3.8) is 0 Å². The van der Waals surface area contributed by atoms with Gasteiger partial charge in [-0.1, -0.05) is 6.07 Å². The van der Waals surface area contributed by atoms with Crippen LogP contribution in [-0.2, 0) is 19.6 Å². The van der Waals surface area contributed by atoms with Crippen LogP contribution in [-0.4, -0.2) is 38.1 Å². The molecule has 0 amide bonds. The summed E-state index contributed by atoms with van der Waals surface area (Å²) in [5, 5.41) is 9.01. The summed E-state index contributed by atoms with van der Waals surface area (Å²) < 4.78 is 31.4. The van der Waals surface area contributed by atoms with E-state index >= 15 is 0 Å². The highest BCUT2D eigenvalue weighted by atomic mass is 32.2. The van der Waals surface area contributed by atoms with Crippen LogP contribution in [0.2, 0.25) is 0 Å². The van der Waals surface area contributed by atoms with Crippen LogP contribution in [0.4, 0.5) is 0 Å². The molecule has 2 N–H and O–H groups in total. The number of hydrogen-bond acceptors (Lipinski definition) is 5. The third-order valence-electron chi connectivity index (χ3n) is 2.78. The Kier molecular flexibility index (Phi) is 5.45. The van der Waals surface area contributed by atoms with Crippen LogP contribution in [0, 0.1) is 6.92 Å². The molecule has 0 aliphatic heterocycles. The minimum absolute atomic E-state index is 0.105. The van der Waals surface area contributed by atoms with Gasteiger partial charge < -0.3 is 9.84 Å². The standard InChI is InChI=1S/C13H17NO6S/c1-4-20-13(17)9(3)14-21(18,19)11-7-5-6-10(8(11)2)12(15)16/h5-7,9,14H,4H2,1-3H3,(H,15,16). The van der Waals surface area contributed by atoms with Crippen LogP contribution in [0.5, 0.6) is 0 Å². The molecule has 0 aliphatic carbocycles. The van der Waals surface area contributed by atoms with Crippen LogP contribution in [0.15, 0.2) is 23.1 Å². The molecule has 8 heteroatoms. The lowest BCUT2D eigenvalue weighted by Gasteiger charge is -2.15. The zero-order chi connectivity index (χ0) is 16.2. The summed E-state index contributed by atoms with van der Waals surface area (Å²) in [5.41, 5.74) is -0.00442. The second-order valence-electron chi connectivity index (χ2n) is 4.33. The fourth-order valence-corrected chi connectivity index (χ4v) is 3.21. The Morgan fingerprint density at radius 2 is 2.00 bits per heavy atom. The van der Waals surface area contributed by atoms with Crippen molar-refractivity contribution in [3.8, 4) is 0 Å². The van der Waals surface area contributed by atoms with Gasteiger partial charge in [0.2, 0.25) is 10.0 Å². The lowest BCUT2D eigenvalue weighted by Crippen LogP contribution is -2.39. The van der Waals surface area contributed by atoms with E-state index in [1.165, 1.54) is 32.0 Å². The van der Waals surface area contributed by atoms with E-state index in [9.17, 15) is 18.0 Å². The predicted molar refractivity (Wildman–Crippen MR) is 74.6 cm³/mol. The number of carboxylic acid groups (broad SMARTS) is 1. The number of benzene rings is 1. The summed E-state index contributed by atoms with van der Waals surface area (Å²) in [6.07, 6.45) is 0. The van der Waals surface area contributed by atoms with Crippen molar-refractivity contribution < 1.29 is 27.9 Å². The quantitative estimate of drug-likeness (QED) is 0.756. The molecular weight excluding hydrogens is 298 g/mol. The van der Waals surface area contributed by atoms with Gasteiger partial charge in [0.25, 0.3) is 0 Å². The number of sulfonamides is 1. The number of ether oxygens (including phenoxy) is 1. The van der Waals surface area contributed by atoms with Crippen LogP contribution >= 0.6 is 0 Å². The van der Waals surface area contributed by atoms with E-state index in [0.29, 0.717) is 0 Å². The van der Waals surface area contributed by atoms with Gasteiger partial charge in [0, 0.05) is 0 Å². The van der Waals surface area contributed by atoms with Gasteiger partial charge in [-0.05, 0) is 38.5 Å². The highest BCUT2D eigenvalue weighted by Crippen LogP contribution is 2.19. The molecule has 1 atom stereocenters. The maximum atomic E-state index is 12.2. The number of esters is 1. The lowest BCUT2D eigenvalue weighted by atomic mass is 10.1. The van der Waals surface area contributed by atoms with Gasteiger partial charge in [0.15, 0.2) is 0 Å².